The van der Waals surface area contributed by atoms with Crippen molar-refractivity contribution in [1.82, 2.24) is 0 Å². The predicted molar refractivity (Wildman–Crippen MR) is 124 cm³/mol. The van der Waals surface area contributed by atoms with E-state index in [1.54, 1.807) is 32.4 Å². The average molecular weight is 475 g/mol. The Morgan fingerprint density at radius 1 is 0.824 bits per heavy atom. The number of hydrogen-bond donors (Lipinski definition) is 0. The van der Waals surface area contributed by atoms with Crippen molar-refractivity contribution in [1.29, 1.82) is 0 Å². The van der Waals surface area contributed by atoms with Crippen LogP contribution in [0, 0.1) is 0 Å². The van der Waals surface area contributed by atoms with Crippen molar-refractivity contribution in [3.05, 3.63) is 53.3 Å². The van der Waals surface area contributed by atoms with Crippen LogP contribution in [0.4, 0.5) is 0 Å². The van der Waals surface area contributed by atoms with Crippen molar-refractivity contribution in [2.24, 2.45) is 0 Å². The number of allylic oxidation sites excluding steroid dienone is 1. The quantitative estimate of drug-likeness (QED) is 0.218. The molecule has 0 atom stereocenters. The van der Waals surface area contributed by atoms with Crippen LogP contribution in [0.25, 0.3) is 6.08 Å². The van der Waals surface area contributed by atoms with E-state index in [1.807, 2.05) is 31.2 Å². The Labute approximate surface area is 199 Å². The SMILES string of the molecule is CCOc1ccc(/C=C2\Oc3cc(OCOCCOC)cc(OCOCCOC)c3C2=O)cc1. The number of benzene rings is 2. The molecule has 0 saturated carbocycles. The highest BCUT2D eigenvalue weighted by Gasteiger charge is 2.32. The number of carbonyl (C=O) groups excluding carboxylic acids is 1. The lowest BCUT2D eigenvalue weighted by atomic mass is 10.1. The third-order valence-corrected chi connectivity index (χ3v) is 4.67. The van der Waals surface area contributed by atoms with Crippen LogP contribution in [0.2, 0.25) is 0 Å². The van der Waals surface area contributed by atoms with Crippen LogP contribution in [-0.4, -0.2) is 66.6 Å². The van der Waals surface area contributed by atoms with Gasteiger partial charge in [-0.1, -0.05) is 12.1 Å². The smallest absolute Gasteiger partial charge is 0.235 e. The molecule has 9 heteroatoms. The summed E-state index contributed by atoms with van der Waals surface area (Å²) in [6, 6.07) is 10.6. The molecule has 0 radical (unpaired) electrons. The summed E-state index contributed by atoms with van der Waals surface area (Å²) in [6.07, 6.45) is 1.67. The van der Waals surface area contributed by atoms with Crippen LogP contribution in [0.1, 0.15) is 22.8 Å². The van der Waals surface area contributed by atoms with Gasteiger partial charge in [-0.3, -0.25) is 4.79 Å². The summed E-state index contributed by atoms with van der Waals surface area (Å²) < 4.78 is 43.3. The molecule has 0 aromatic heterocycles. The summed E-state index contributed by atoms with van der Waals surface area (Å²) in [5.74, 6) is 1.70. The molecule has 0 spiro atoms. The molecule has 0 fully saturated rings. The molecule has 2 aromatic carbocycles. The van der Waals surface area contributed by atoms with Gasteiger partial charge >= 0.3 is 0 Å². The standard InChI is InChI=1S/C25H30O9/c1-4-31-19-7-5-18(6-8-19)13-23-25(26)24-21(33-17-30-12-10-28-3)14-20(15-22(24)34-23)32-16-29-11-9-27-2/h5-8,13-15H,4,9-12,16-17H2,1-3H3/b23-13-. The topological polar surface area (TPSA) is 90.9 Å². The van der Waals surface area contributed by atoms with Crippen LogP contribution in [0.5, 0.6) is 23.0 Å². The highest BCUT2D eigenvalue weighted by molar-refractivity contribution is 6.16. The number of Topliss-reactive ketones (excluding diaryl/α,β-unsaturated/α-hetero) is 1. The van der Waals surface area contributed by atoms with Crippen molar-refractivity contribution in [2.75, 3.05) is 60.8 Å². The molecular weight excluding hydrogens is 444 g/mol. The van der Waals surface area contributed by atoms with Gasteiger partial charge < -0.3 is 37.9 Å². The molecular formula is C25H30O9. The molecule has 184 valence electrons. The normalized spacial score (nSPS) is 13.6. The van der Waals surface area contributed by atoms with Gasteiger partial charge in [-0.25, -0.2) is 0 Å². The Morgan fingerprint density at radius 3 is 2.15 bits per heavy atom. The van der Waals surface area contributed by atoms with Crippen LogP contribution >= 0.6 is 0 Å². The summed E-state index contributed by atoms with van der Waals surface area (Å²) >= 11 is 0. The first-order valence-electron chi connectivity index (χ1n) is 10.9. The van der Waals surface area contributed by atoms with Crippen LogP contribution in [0.3, 0.4) is 0 Å². The molecule has 0 saturated heterocycles. The summed E-state index contributed by atoms with van der Waals surface area (Å²) in [5, 5.41) is 0. The van der Waals surface area contributed by atoms with E-state index in [1.165, 1.54) is 0 Å². The Hall–Kier alpha value is -3.11. The molecule has 1 heterocycles. The van der Waals surface area contributed by atoms with Gasteiger partial charge in [-0.05, 0) is 30.7 Å². The summed E-state index contributed by atoms with van der Waals surface area (Å²) in [4.78, 5) is 13.1. The van der Waals surface area contributed by atoms with E-state index in [0.717, 1.165) is 11.3 Å². The first-order valence-corrected chi connectivity index (χ1v) is 10.9. The number of carbonyl (C=O) groups is 1. The maximum Gasteiger partial charge on any atom is 0.235 e. The summed E-state index contributed by atoms with van der Waals surface area (Å²) in [6.45, 7) is 4.08. The highest BCUT2D eigenvalue weighted by atomic mass is 16.7. The first-order chi connectivity index (χ1) is 16.7. The monoisotopic (exact) mass is 474 g/mol. The molecule has 0 bridgehead atoms. The van der Waals surface area contributed by atoms with E-state index in [9.17, 15) is 4.79 Å². The Kier molecular flexibility index (Phi) is 10.2. The van der Waals surface area contributed by atoms with E-state index in [-0.39, 0.29) is 25.1 Å². The van der Waals surface area contributed by atoms with Gasteiger partial charge in [0.05, 0.1) is 33.0 Å². The minimum Gasteiger partial charge on any atom is -0.494 e. The lowest BCUT2D eigenvalue weighted by Crippen LogP contribution is -2.10. The van der Waals surface area contributed by atoms with Gasteiger partial charge in [-0.15, -0.1) is 0 Å². The Morgan fingerprint density at radius 2 is 1.50 bits per heavy atom. The lowest BCUT2D eigenvalue weighted by molar-refractivity contribution is -0.0118. The number of ether oxygens (including phenoxy) is 8. The third kappa shape index (κ3) is 7.19. The van der Waals surface area contributed by atoms with E-state index < -0.39 is 0 Å². The van der Waals surface area contributed by atoms with Gasteiger partial charge in [-0.2, -0.15) is 0 Å². The van der Waals surface area contributed by atoms with Crippen molar-refractivity contribution in [2.45, 2.75) is 6.92 Å². The van der Waals surface area contributed by atoms with Crippen molar-refractivity contribution in [3.63, 3.8) is 0 Å². The minimum atomic E-state index is -0.293. The van der Waals surface area contributed by atoms with E-state index in [4.69, 9.17) is 37.9 Å². The molecule has 0 aliphatic carbocycles. The maximum absolute atomic E-state index is 13.1. The lowest BCUT2D eigenvalue weighted by Gasteiger charge is -2.12. The van der Waals surface area contributed by atoms with E-state index in [2.05, 4.69) is 0 Å². The largest absolute Gasteiger partial charge is 0.494 e. The Balaban J connectivity index is 1.77. The van der Waals surface area contributed by atoms with E-state index in [0.29, 0.717) is 55.8 Å². The zero-order chi connectivity index (χ0) is 24.2. The number of hydrogen-bond acceptors (Lipinski definition) is 9. The molecule has 3 rings (SSSR count). The zero-order valence-corrected chi connectivity index (χ0v) is 19.7. The number of fused-ring (bicyclic) bond motifs is 1. The molecule has 0 amide bonds. The summed E-state index contributed by atoms with van der Waals surface area (Å²) in [5.41, 5.74) is 1.10. The van der Waals surface area contributed by atoms with Crippen molar-refractivity contribution in [3.8, 4) is 23.0 Å². The molecule has 2 aromatic rings. The number of methoxy groups -OCH3 is 2. The zero-order valence-electron chi connectivity index (χ0n) is 19.7. The molecule has 1 aliphatic heterocycles. The number of rotatable bonds is 15. The van der Waals surface area contributed by atoms with Crippen LogP contribution in [0.15, 0.2) is 42.2 Å². The van der Waals surface area contributed by atoms with E-state index >= 15 is 0 Å². The van der Waals surface area contributed by atoms with Crippen LogP contribution in [-0.2, 0) is 18.9 Å². The fraction of sp³-hybridized carbons (Fsp3) is 0.400. The second-order valence-corrected chi connectivity index (χ2v) is 7.06. The second kappa shape index (κ2) is 13.6. The predicted octanol–water partition coefficient (Wildman–Crippen LogP) is 3.70. The van der Waals surface area contributed by atoms with Gasteiger partial charge in [0.15, 0.2) is 19.3 Å². The first kappa shape index (κ1) is 25.5. The van der Waals surface area contributed by atoms with Crippen molar-refractivity contribution < 1.29 is 42.7 Å². The fourth-order valence-electron chi connectivity index (χ4n) is 3.05. The van der Waals surface area contributed by atoms with Gasteiger partial charge in [0, 0.05) is 26.4 Å². The second-order valence-electron chi connectivity index (χ2n) is 7.06. The minimum absolute atomic E-state index is 0.00868. The Bertz CT molecular complexity index is 954. The highest BCUT2D eigenvalue weighted by Crippen LogP contribution is 2.41. The third-order valence-electron chi connectivity index (χ3n) is 4.67. The van der Waals surface area contributed by atoms with Gasteiger partial charge in [0.2, 0.25) is 5.78 Å². The molecule has 34 heavy (non-hydrogen) atoms. The number of ketones is 1. The maximum atomic E-state index is 13.1. The molecule has 0 unspecified atom stereocenters. The average Bonchev–Trinajstić information content (AvgIpc) is 3.15. The van der Waals surface area contributed by atoms with Gasteiger partial charge in [0.1, 0.15) is 28.6 Å². The van der Waals surface area contributed by atoms with Crippen LogP contribution < -0.4 is 18.9 Å². The molecule has 0 N–H and O–H groups in total. The molecule has 9 nitrogen and oxygen atoms in total. The summed E-state index contributed by atoms with van der Waals surface area (Å²) in [7, 11) is 3.18. The molecule has 1 aliphatic rings. The van der Waals surface area contributed by atoms with Gasteiger partial charge in [0.25, 0.3) is 0 Å². The fourth-order valence-corrected chi connectivity index (χ4v) is 3.05. The van der Waals surface area contributed by atoms with Crippen molar-refractivity contribution >= 4 is 11.9 Å².